The van der Waals surface area contributed by atoms with Gasteiger partial charge in [-0.15, -0.1) is 0 Å². The number of aromatic nitrogens is 3. The number of ether oxygens (including phenoxy) is 1. The number of benzene rings is 1. The van der Waals surface area contributed by atoms with E-state index in [0.717, 1.165) is 45.1 Å². The largest absolute Gasteiger partial charge is 0.507 e. The van der Waals surface area contributed by atoms with Crippen LogP contribution in [0.5, 0.6) is 11.8 Å². The Kier molecular flexibility index (Phi) is 6.18. The molecule has 2 aromatic heterocycles. The van der Waals surface area contributed by atoms with Gasteiger partial charge in [-0.3, -0.25) is 0 Å². The molecule has 1 atom stereocenters. The lowest BCUT2D eigenvalue weighted by Gasteiger charge is -2.35. The minimum Gasteiger partial charge on any atom is -0.507 e. The second kappa shape index (κ2) is 9.27. The molecule has 0 radical (unpaired) electrons. The summed E-state index contributed by atoms with van der Waals surface area (Å²) in [6, 6.07) is 5.36. The second-order valence-electron chi connectivity index (χ2n) is 9.02. The summed E-state index contributed by atoms with van der Waals surface area (Å²) in [6.07, 6.45) is 1.67. The summed E-state index contributed by atoms with van der Waals surface area (Å²) in [5, 5.41) is 14.0. The number of piperidine rings is 1. The van der Waals surface area contributed by atoms with Gasteiger partial charge in [0, 0.05) is 38.8 Å². The molecule has 2 N–H and O–H groups in total. The predicted octanol–water partition coefficient (Wildman–Crippen LogP) is 2.95. The van der Waals surface area contributed by atoms with Crippen molar-refractivity contribution in [3.05, 3.63) is 35.9 Å². The van der Waals surface area contributed by atoms with Gasteiger partial charge in [-0.2, -0.15) is 9.97 Å². The van der Waals surface area contributed by atoms with E-state index in [2.05, 4.69) is 44.0 Å². The molecule has 10 heteroatoms. The number of fused-ring (bicyclic) bond motifs is 1. The van der Waals surface area contributed by atoms with Crippen LogP contribution in [0.4, 0.5) is 14.6 Å². The lowest BCUT2D eigenvalue weighted by molar-refractivity contribution is 0.105. The Morgan fingerprint density at radius 1 is 1.09 bits per heavy atom. The monoisotopic (exact) mass is 470 g/mol. The van der Waals surface area contributed by atoms with Gasteiger partial charge in [0.15, 0.2) is 11.5 Å². The summed E-state index contributed by atoms with van der Waals surface area (Å²) < 4.78 is 35.9. The zero-order valence-electron chi connectivity index (χ0n) is 19.3. The quantitative estimate of drug-likeness (QED) is 0.602. The van der Waals surface area contributed by atoms with Crippen LogP contribution in [-0.2, 0) is 0 Å². The number of nitrogens with zero attached hydrogens (tertiary/aromatic N) is 5. The number of piperazine rings is 1. The maximum atomic E-state index is 15.3. The van der Waals surface area contributed by atoms with Crippen LogP contribution >= 0.6 is 0 Å². The number of halogens is 2. The Hall–Kier alpha value is -3.11. The lowest BCUT2D eigenvalue weighted by Crippen LogP contribution is -2.50. The number of phenols is 1. The van der Waals surface area contributed by atoms with Gasteiger partial charge in [-0.05, 0) is 45.0 Å². The highest BCUT2D eigenvalue weighted by Gasteiger charge is 2.27. The van der Waals surface area contributed by atoms with Gasteiger partial charge < -0.3 is 25.0 Å². The van der Waals surface area contributed by atoms with Gasteiger partial charge in [0.25, 0.3) is 0 Å². The van der Waals surface area contributed by atoms with Gasteiger partial charge in [-0.1, -0.05) is 6.07 Å². The number of pyridine rings is 1. The molecule has 2 saturated heterocycles. The zero-order chi connectivity index (χ0) is 23.8. The molecule has 180 valence electrons. The molecule has 0 spiro atoms. The third-order valence-corrected chi connectivity index (χ3v) is 6.54. The lowest BCUT2D eigenvalue weighted by atomic mass is 10.1. The number of anilines is 1. The van der Waals surface area contributed by atoms with Crippen molar-refractivity contribution in [1.29, 1.82) is 0 Å². The van der Waals surface area contributed by atoms with Crippen molar-refractivity contribution in [1.82, 2.24) is 25.2 Å². The number of nitrogens with one attached hydrogen (secondary N) is 1. The minimum atomic E-state index is -0.765. The Morgan fingerprint density at radius 2 is 1.88 bits per heavy atom. The molecule has 1 aromatic carbocycles. The zero-order valence-corrected chi connectivity index (χ0v) is 19.3. The summed E-state index contributed by atoms with van der Waals surface area (Å²) in [6.45, 7) is 6.09. The fourth-order valence-corrected chi connectivity index (χ4v) is 4.60. The molecular formula is C24H28F2N6O2. The summed E-state index contributed by atoms with van der Waals surface area (Å²) in [5.41, 5.74) is -0.403. The Morgan fingerprint density at radius 3 is 2.62 bits per heavy atom. The summed E-state index contributed by atoms with van der Waals surface area (Å²) in [7, 11) is 2.07. The normalized spacial score (nSPS) is 20.1. The Balaban J connectivity index is 1.63. The van der Waals surface area contributed by atoms with Crippen molar-refractivity contribution in [3.63, 3.8) is 0 Å². The average Bonchev–Trinajstić information content (AvgIpc) is 2.81. The van der Waals surface area contributed by atoms with Crippen LogP contribution < -0.4 is 15.0 Å². The van der Waals surface area contributed by atoms with E-state index >= 15 is 4.39 Å². The smallest absolute Gasteiger partial charge is 0.320 e. The third-order valence-electron chi connectivity index (χ3n) is 6.54. The standard InChI is InChI=1S/C24H28F2N6O2/c1-14-13-27-8-11-32(14)23-16-12-18(26)21(20-17(25)4-3-5-19(20)33)28-22(16)29-24(30-23)34-15-6-9-31(2)10-7-15/h3-5,12,14-15,27,33H,6-11,13H2,1-2H3. The van der Waals surface area contributed by atoms with Gasteiger partial charge in [0.05, 0.1) is 10.9 Å². The van der Waals surface area contributed by atoms with Crippen LogP contribution in [0.25, 0.3) is 22.3 Å². The molecule has 2 aliphatic heterocycles. The number of phenolic OH excluding ortho intramolecular Hbond substituents is 1. The van der Waals surface area contributed by atoms with Crippen LogP contribution in [0, 0.1) is 11.6 Å². The molecule has 0 amide bonds. The summed E-state index contributed by atoms with van der Waals surface area (Å²) in [5.74, 6) is -1.38. The van der Waals surface area contributed by atoms with E-state index in [4.69, 9.17) is 4.74 Å². The highest BCUT2D eigenvalue weighted by molar-refractivity contribution is 5.90. The van der Waals surface area contributed by atoms with Gasteiger partial charge in [0.2, 0.25) is 0 Å². The van der Waals surface area contributed by atoms with E-state index in [1.165, 1.54) is 18.2 Å². The second-order valence-corrected chi connectivity index (χ2v) is 9.02. The summed E-state index contributed by atoms with van der Waals surface area (Å²) in [4.78, 5) is 17.9. The van der Waals surface area contributed by atoms with Crippen LogP contribution in [0.15, 0.2) is 24.3 Å². The fraction of sp³-hybridized carbons (Fsp3) is 0.458. The SMILES string of the molecule is CC1CNCCN1c1nc(OC2CCN(C)CC2)nc2nc(-c3c(O)cccc3F)c(F)cc12. The molecule has 0 aliphatic carbocycles. The number of hydrogen-bond acceptors (Lipinski definition) is 8. The Bertz CT molecular complexity index is 1180. The number of hydrogen-bond donors (Lipinski definition) is 2. The van der Waals surface area contributed by atoms with E-state index in [-0.39, 0.29) is 35.1 Å². The number of aromatic hydroxyl groups is 1. The molecule has 2 aliphatic rings. The van der Waals surface area contributed by atoms with E-state index < -0.39 is 17.4 Å². The first kappa shape index (κ1) is 22.7. The van der Waals surface area contributed by atoms with Crippen LogP contribution in [-0.4, -0.2) is 76.9 Å². The van der Waals surface area contributed by atoms with E-state index in [0.29, 0.717) is 17.7 Å². The van der Waals surface area contributed by atoms with Gasteiger partial charge >= 0.3 is 6.01 Å². The first-order chi connectivity index (χ1) is 16.4. The molecule has 34 heavy (non-hydrogen) atoms. The van der Waals surface area contributed by atoms with Crippen molar-refractivity contribution in [2.75, 3.05) is 44.7 Å². The van der Waals surface area contributed by atoms with E-state index in [1.807, 2.05) is 0 Å². The Labute approximate surface area is 196 Å². The van der Waals surface area contributed by atoms with Gasteiger partial charge in [-0.25, -0.2) is 13.8 Å². The molecule has 8 nitrogen and oxygen atoms in total. The van der Waals surface area contributed by atoms with Crippen molar-refractivity contribution in [2.45, 2.75) is 31.9 Å². The van der Waals surface area contributed by atoms with Crippen LogP contribution in [0.2, 0.25) is 0 Å². The van der Waals surface area contributed by atoms with Crippen molar-refractivity contribution in [2.24, 2.45) is 0 Å². The van der Waals surface area contributed by atoms with Crippen molar-refractivity contribution >= 4 is 16.9 Å². The molecule has 0 bridgehead atoms. The number of likely N-dealkylation sites (tertiary alicyclic amines) is 1. The maximum Gasteiger partial charge on any atom is 0.320 e. The molecule has 2 fully saturated rings. The molecule has 3 aromatic rings. The topological polar surface area (TPSA) is 86.6 Å². The number of rotatable bonds is 4. The van der Waals surface area contributed by atoms with Crippen molar-refractivity contribution in [3.8, 4) is 23.0 Å². The molecule has 5 rings (SSSR count). The first-order valence-corrected chi connectivity index (χ1v) is 11.6. The first-order valence-electron chi connectivity index (χ1n) is 11.6. The van der Waals surface area contributed by atoms with E-state index in [9.17, 15) is 9.50 Å². The van der Waals surface area contributed by atoms with E-state index in [1.54, 1.807) is 0 Å². The summed E-state index contributed by atoms with van der Waals surface area (Å²) >= 11 is 0. The highest BCUT2D eigenvalue weighted by Crippen LogP contribution is 2.36. The minimum absolute atomic E-state index is 0.0301. The molecule has 0 saturated carbocycles. The predicted molar refractivity (Wildman–Crippen MR) is 125 cm³/mol. The molecular weight excluding hydrogens is 442 g/mol. The fourth-order valence-electron chi connectivity index (χ4n) is 4.60. The van der Waals surface area contributed by atoms with Crippen LogP contribution in [0.3, 0.4) is 0 Å². The van der Waals surface area contributed by atoms with Gasteiger partial charge in [0.1, 0.15) is 29.2 Å². The molecule has 4 heterocycles. The molecule has 1 unspecified atom stereocenters. The van der Waals surface area contributed by atoms with Crippen molar-refractivity contribution < 1.29 is 18.6 Å². The maximum absolute atomic E-state index is 15.3. The van der Waals surface area contributed by atoms with Crippen LogP contribution in [0.1, 0.15) is 19.8 Å². The highest BCUT2D eigenvalue weighted by atomic mass is 19.1. The average molecular weight is 471 g/mol. The third kappa shape index (κ3) is 4.35.